The first-order valence-corrected chi connectivity index (χ1v) is 9.42. The molecule has 130 valence electrons. The summed E-state index contributed by atoms with van der Waals surface area (Å²) in [7, 11) is -3.42. The number of sulfonamides is 1. The van der Waals surface area contributed by atoms with Crippen LogP contribution in [0.4, 0.5) is 4.79 Å². The predicted octanol–water partition coefficient (Wildman–Crippen LogP) is 2.53. The van der Waals surface area contributed by atoms with E-state index >= 15 is 0 Å². The molecule has 0 aliphatic heterocycles. The number of amides is 1. The molecule has 6 nitrogen and oxygen atoms in total. The van der Waals surface area contributed by atoms with Gasteiger partial charge in [-0.25, -0.2) is 18.4 Å². The summed E-state index contributed by atoms with van der Waals surface area (Å²) in [5.74, 6) is 0.392. The molecule has 1 amide bonds. The van der Waals surface area contributed by atoms with E-state index in [1.165, 1.54) is 0 Å². The monoisotopic (exact) mass is 334 g/mol. The Morgan fingerprint density at radius 3 is 2.05 bits per heavy atom. The van der Waals surface area contributed by atoms with E-state index < -0.39 is 27.0 Å². The summed E-state index contributed by atoms with van der Waals surface area (Å²) in [6.45, 7) is 9.40. The number of carbonyl (C=O) groups excluding carboxylic acids is 1. The van der Waals surface area contributed by atoms with Gasteiger partial charge in [0.2, 0.25) is 10.0 Å². The highest BCUT2D eigenvalue weighted by atomic mass is 32.2. The van der Waals surface area contributed by atoms with E-state index in [0.29, 0.717) is 18.8 Å². The SMILES string of the molecule is CC(C)(CC1CCC(S(N)(=O)=O)CC1)NC(=O)OC(C)(C)C. The molecule has 22 heavy (non-hydrogen) atoms. The lowest BCUT2D eigenvalue weighted by atomic mass is 9.80. The van der Waals surface area contributed by atoms with E-state index in [0.717, 1.165) is 19.3 Å². The second-order valence-electron chi connectivity index (χ2n) is 7.95. The third-order valence-electron chi connectivity index (χ3n) is 3.90. The number of ether oxygens (including phenoxy) is 1. The van der Waals surface area contributed by atoms with Crippen molar-refractivity contribution in [1.82, 2.24) is 5.32 Å². The quantitative estimate of drug-likeness (QED) is 0.825. The Morgan fingerprint density at radius 2 is 1.64 bits per heavy atom. The highest BCUT2D eigenvalue weighted by Gasteiger charge is 2.32. The van der Waals surface area contributed by atoms with Gasteiger partial charge in [0, 0.05) is 5.54 Å². The normalized spacial score (nSPS) is 23.9. The second kappa shape index (κ2) is 6.74. The highest BCUT2D eigenvalue weighted by molar-refractivity contribution is 7.89. The predicted molar refractivity (Wildman–Crippen MR) is 86.9 cm³/mol. The molecule has 0 unspecified atom stereocenters. The minimum absolute atomic E-state index is 0.387. The molecule has 1 fully saturated rings. The van der Waals surface area contributed by atoms with Crippen molar-refractivity contribution in [2.24, 2.45) is 11.1 Å². The van der Waals surface area contributed by atoms with Crippen molar-refractivity contribution >= 4 is 16.1 Å². The van der Waals surface area contributed by atoms with Gasteiger partial charge in [0.15, 0.2) is 0 Å². The molecule has 0 aromatic carbocycles. The summed E-state index contributed by atoms with van der Waals surface area (Å²) < 4.78 is 28.0. The van der Waals surface area contributed by atoms with Gasteiger partial charge in [0.05, 0.1) is 5.25 Å². The molecule has 0 radical (unpaired) electrons. The number of nitrogens with two attached hydrogens (primary N) is 1. The second-order valence-corrected chi connectivity index (χ2v) is 9.79. The average molecular weight is 334 g/mol. The van der Waals surface area contributed by atoms with Gasteiger partial charge >= 0.3 is 6.09 Å². The number of hydrogen-bond donors (Lipinski definition) is 2. The molecule has 0 heterocycles. The van der Waals surface area contributed by atoms with Crippen LogP contribution in [0.2, 0.25) is 0 Å². The minimum Gasteiger partial charge on any atom is -0.444 e. The zero-order valence-electron chi connectivity index (χ0n) is 14.3. The Morgan fingerprint density at radius 1 is 1.14 bits per heavy atom. The van der Waals surface area contributed by atoms with Crippen molar-refractivity contribution in [2.75, 3.05) is 0 Å². The van der Waals surface area contributed by atoms with Crippen LogP contribution in [0.25, 0.3) is 0 Å². The van der Waals surface area contributed by atoms with Crippen molar-refractivity contribution in [1.29, 1.82) is 0 Å². The van der Waals surface area contributed by atoms with E-state index in [9.17, 15) is 13.2 Å². The lowest BCUT2D eigenvalue weighted by molar-refractivity contribution is 0.0455. The minimum atomic E-state index is -3.42. The van der Waals surface area contributed by atoms with Crippen molar-refractivity contribution < 1.29 is 17.9 Å². The van der Waals surface area contributed by atoms with Gasteiger partial charge in [-0.2, -0.15) is 0 Å². The fourth-order valence-electron chi connectivity index (χ4n) is 3.02. The van der Waals surface area contributed by atoms with Gasteiger partial charge in [-0.3, -0.25) is 0 Å². The zero-order chi connectivity index (χ0) is 17.2. The van der Waals surface area contributed by atoms with E-state index in [1.807, 2.05) is 34.6 Å². The van der Waals surface area contributed by atoms with Crippen molar-refractivity contribution in [3.63, 3.8) is 0 Å². The number of nitrogens with one attached hydrogen (secondary N) is 1. The third kappa shape index (κ3) is 6.96. The summed E-state index contributed by atoms with van der Waals surface area (Å²) in [6, 6.07) is 0. The molecule has 1 aliphatic carbocycles. The van der Waals surface area contributed by atoms with E-state index in [4.69, 9.17) is 9.88 Å². The molecular formula is C15H30N2O4S. The van der Waals surface area contributed by atoms with Gasteiger partial charge in [-0.05, 0) is 72.6 Å². The lowest BCUT2D eigenvalue weighted by Crippen LogP contribution is -2.47. The topological polar surface area (TPSA) is 98.5 Å². The number of hydrogen-bond acceptors (Lipinski definition) is 4. The first kappa shape index (κ1) is 19.2. The molecule has 0 spiro atoms. The Balaban J connectivity index is 2.48. The standard InChI is InChI=1S/C15H30N2O4S/c1-14(2,3)21-13(18)17-15(4,5)10-11-6-8-12(9-7-11)22(16,19)20/h11-12H,6-10H2,1-5H3,(H,17,18)(H2,16,19,20). The molecule has 0 aromatic heterocycles. The van der Waals surface area contributed by atoms with Crippen LogP contribution in [-0.4, -0.2) is 30.9 Å². The average Bonchev–Trinajstić information content (AvgIpc) is 2.23. The highest BCUT2D eigenvalue weighted by Crippen LogP contribution is 2.32. The fraction of sp³-hybridized carbons (Fsp3) is 0.933. The summed E-state index contributed by atoms with van der Waals surface area (Å²) >= 11 is 0. The third-order valence-corrected chi connectivity index (χ3v) is 5.30. The first-order valence-electron chi connectivity index (χ1n) is 7.81. The Labute approximate surface area is 134 Å². The smallest absolute Gasteiger partial charge is 0.408 e. The number of primary sulfonamides is 1. The molecular weight excluding hydrogens is 304 g/mol. The molecule has 3 N–H and O–H groups in total. The maximum atomic E-state index is 11.9. The van der Waals surface area contributed by atoms with Crippen LogP contribution in [0.5, 0.6) is 0 Å². The van der Waals surface area contributed by atoms with Crippen molar-refractivity contribution in [2.45, 2.75) is 83.1 Å². The van der Waals surface area contributed by atoms with E-state index in [2.05, 4.69) is 5.32 Å². The lowest BCUT2D eigenvalue weighted by Gasteiger charge is -2.34. The van der Waals surface area contributed by atoms with Crippen molar-refractivity contribution in [3.05, 3.63) is 0 Å². The van der Waals surface area contributed by atoms with Crippen LogP contribution in [0.3, 0.4) is 0 Å². The zero-order valence-corrected chi connectivity index (χ0v) is 15.1. The molecule has 1 rings (SSSR count). The maximum Gasteiger partial charge on any atom is 0.408 e. The largest absolute Gasteiger partial charge is 0.444 e. The van der Waals surface area contributed by atoms with E-state index in [-0.39, 0.29) is 5.54 Å². The summed E-state index contributed by atoms with van der Waals surface area (Å²) in [4.78, 5) is 11.9. The van der Waals surface area contributed by atoms with Crippen molar-refractivity contribution in [3.8, 4) is 0 Å². The molecule has 7 heteroatoms. The molecule has 1 aliphatic rings. The Kier molecular flexibility index (Phi) is 5.89. The van der Waals surface area contributed by atoms with Crippen LogP contribution in [0, 0.1) is 5.92 Å². The molecule has 0 atom stereocenters. The molecule has 0 aromatic rings. The fourth-order valence-corrected chi connectivity index (χ4v) is 3.95. The van der Waals surface area contributed by atoms with Crippen LogP contribution in [0.1, 0.15) is 66.7 Å². The summed E-state index contributed by atoms with van der Waals surface area (Å²) in [6.07, 6.45) is 3.22. The number of alkyl carbamates (subject to hydrolysis) is 1. The summed E-state index contributed by atoms with van der Waals surface area (Å²) in [5.41, 5.74) is -0.908. The van der Waals surface area contributed by atoms with Gasteiger partial charge in [-0.1, -0.05) is 0 Å². The van der Waals surface area contributed by atoms with Gasteiger partial charge in [0.25, 0.3) is 0 Å². The number of rotatable bonds is 4. The maximum absolute atomic E-state index is 11.9. The summed E-state index contributed by atoms with van der Waals surface area (Å²) in [5, 5.41) is 7.69. The van der Waals surface area contributed by atoms with Crippen LogP contribution in [-0.2, 0) is 14.8 Å². The van der Waals surface area contributed by atoms with E-state index in [1.54, 1.807) is 0 Å². The molecule has 1 saturated carbocycles. The van der Waals surface area contributed by atoms with Crippen LogP contribution >= 0.6 is 0 Å². The number of carbonyl (C=O) groups is 1. The van der Waals surface area contributed by atoms with Crippen LogP contribution < -0.4 is 10.5 Å². The Bertz CT molecular complexity index is 486. The first-order chi connectivity index (χ1) is 9.78. The molecule has 0 saturated heterocycles. The molecule has 0 bridgehead atoms. The Hall–Kier alpha value is -0.820. The van der Waals surface area contributed by atoms with Gasteiger partial charge < -0.3 is 10.1 Å². The van der Waals surface area contributed by atoms with Gasteiger partial charge in [-0.15, -0.1) is 0 Å². The van der Waals surface area contributed by atoms with Gasteiger partial charge in [0.1, 0.15) is 5.60 Å². The van der Waals surface area contributed by atoms with Crippen LogP contribution in [0.15, 0.2) is 0 Å².